The summed E-state index contributed by atoms with van der Waals surface area (Å²) in [5, 5.41) is 9.47. The molecule has 0 radical (unpaired) electrons. The van der Waals surface area contributed by atoms with Crippen molar-refractivity contribution in [2.24, 2.45) is 5.92 Å². The largest absolute Gasteiger partial charge is 0.508 e. The molecule has 0 amide bonds. The van der Waals surface area contributed by atoms with Crippen LogP contribution in [-0.4, -0.2) is 50.6 Å². The molecule has 0 bridgehead atoms. The van der Waals surface area contributed by atoms with E-state index in [9.17, 15) is 9.90 Å². The lowest BCUT2D eigenvalue weighted by atomic mass is 10.1. The molecule has 0 aliphatic carbocycles. The van der Waals surface area contributed by atoms with Crippen molar-refractivity contribution in [2.75, 3.05) is 25.6 Å². The summed E-state index contributed by atoms with van der Waals surface area (Å²) in [7, 11) is 0. The SMILES string of the molecule is CCCCCOC(=O)OCC(CO)CCn1cnc2cnc(N)nc21. The van der Waals surface area contributed by atoms with Crippen molar-refractivity contribution in [1.82, 2.24) is 19.5 Å². The van der Waals surface area contributed by atoms with Crippen LogP contribution in [-0.2, 0) is 16.0 Å². The average Bonchev–Trinajstić information content (AvgIpc) is 3.01. The monoisotopic (exact) mass is 351 g/mol. The minimum Gasteiger partial charge on any atom is -0.434 e. The third-order valence-electron chi connectivity index (χ3n) is 3.82. The Balaban J connectivity index is 1.77. The summed E-state index contributed by atoms with van der Waals surface area (Å²) < 4.78 is 11.9. The molecule has 0 saturated carbocycles. The maximum atomic E-state index is 11.5. The van der Waals surface area contributed by atoms with Crippen LogP contribution in [0.4, 0.5) is 10.7 Å². The number of fused-ring (bicyclic) bond motifs is 1. The minimum absolute atomic E-state index is 0.0904. The molecule has 9 nitrogen and oxygen atoms in total. The van der Waals surface area contributed by atoms with Gasteiger partial charge in [0.05, 0.1) is 19.1 Å². The van der Waals surface area contributed by atoms with Gasteiger partial charge in [-0.05, 0) is 12.8 Å². The number of aromatic nitrogens is 4. The second-order valence-electron chi connectivity index (χ2n) is 5.83. The van der Waals surface area contributed by atoms with Crippen LogP contribution in [0, 0.1) is 5.92 Å². The highest BCUT2D eigenvalue weighted by Gasteiger charge is 2.14. The maximum absolute atomic E-state index is 11.5. The number of anilines is 1. The van der Waals surface area contributed by atoms with Crippen LogP contribution in [0.3, 0.4) is 0 Å². The first-order valence-electron chi connectivity index (χ1n) is 8.47. The third kappa shape index (κ3) is 5.86. The van der Waals surface area contributed by atoms with Gasteiger partial charge in [0.2, 0.25) is 5.95 Å². The number of unbranched alkanes of at least 4 members (excludes halogenated alkanes) is 2. The van der Waals surface area contributed by atoms with Crippen LogP contribution in [0.25, 0.3) is 11.2 Å². The number of aliphatic hydroxyl groups excluding tert-OH is 1. The molecular weight excluding hydrogens is 326 g/mol. The number of aliphatic hydroxyl groups is 1. The molecule has 0 fully saturated rings. The van der Waals surface area contributed by atoms with Crippen LogP contribution in [0.15, 0.2) is 12.5 Å². The zero-order valence-electron chi connectivity index (χ0n) is 14.4. The quantitative estimate of drug-likeness (QED) is 0.490. The van der Waals surface area contributed by atoms with Gasteiger partial charge in [-0.1, -0.05) is 19.8 Å². The Morgan fingerprint density at radius 1 is 1.36 bits per heavy atom. The number of nitrogens with zero attached hydrogens (tertiary/aromatic N) is 4. The van der Waals surface area contributed by atoms with Crippen molar-refractivity contribution in [2.45, 2.75) is 39.2 Å². The maximum Gasteiger partial charge on any atom is 0.508 e. The lowest BCUT2D eigenvalue weighted by molar-refractivity contribution is 0.0334. The van der Waals surface area contributed by atoms with Crippen molar-refractivity contribution >= 4 is 23.3 Å². The topological polar surface area (TPSA) is 125 Å². The molecule has 2 aromatic rings. The number of hydrogen-bond donors (Lipinski definition) is 2. The molecule has 138 valence electrons. The summed E-state index contributed by atoms with van der Waals surface area (Å²) in [6.07, 6.45) is 6.01. The van der Waals surface area contributed by atoms with E-state index in [1.54, 1.807) is 12.5 Å². The Morgan fingerprint density at radius 2 is 2.20 bits per heavy atom. The van der Waals surface area contributed by atoms with E-state index in [0.29, 0.717) is 30.7 Å². The van der Waals surface area contributed by atoms with Crippen LogP contribution < -0.4 is 5.73 Å². The van der Waals surface area contributed by atoms with E-state index in [4.69, 9.17) is 15.2 Å². The third-order valence-corrected chi connectivity index (χ3v) is 3.82. The predicted octanol–water partition coefficient (Wildman–Crippen LogP) is 1.75. The van der Waals surface area contributed by atoms with Crippen molar-refractivity contribution in [3.63, 3.8) is 0 Å². The smallest absolute Gasteiger partial charge is 0.434 e. The van der Waals surface area contributed by atoms with Gasteiger partial charge in [-0.3, -0.25) is 0 Å². The Morgan fingerprint density at radius 3 is 2.96 bits per heavy atom. The molecule has 2 aromatic heterocycles. The Hall–Kier alpha value is -2.42. The second-order valence-corrected chi connectivity index (χ2v) is 5.83. The fraction of sp³-hybridized carbons (Fsp3) is 0.625. The molecular formula is C16H25N5O4. The van der Waals surface area contributed by atoms with Gasteiger partial charge in [0, 0.05) is 19.1 Å². The van der Waals surface area contributed by atoms with Gasteiger partial charge in [-0.15, -0.1) is 0 Å². The molecule has 25 heavy (non-hydrogen) atoms. The standard InChI is InChI=1S/C16H25N5O4/c1-2-3-4-7-24-16(23)25-10-12(9-22)5-6-21-11-19-13-8-18-15(17)20-14(13)21/h8,11-12,22H,2-7,9-10H2,1H3,(H2,17,18,20). The predicted molar refractivity (Wildman–Crippen MR) is 91.8 cm³/mol. The number of nitrogens with two attached hydrogens (primary N) is 1. The zero-order valence-corrected chi connectivity index (χ0v) is 14.4. The molecule has 0 aliphatic heterocycles. The summed E-state index contributed by atoms with van der Waals surface area (Å²) in [6.45, 7) is 3.01. The molecule has 1 atom stereocenters. The normalized spacial score (nSPS) is 12.2. The van der Waals surface area contributed by atoms with Crippen molar-refractivity contribution in [1.29, 1.82) is 0 Å². The van der Waals surface area contributed by atoms with Crippen LogP contribution in [0.1, 0.15) is 32.6 Å². The van der Waals surface area contributed by atoms with Gasteiger partial charge in [-0.2, -0.15) is 4.98 Å². The second kappa shape index (κ2) is 9.77. The van der Waals surface area contributed by atoms with E-state index in [-0.39, 0.29) is 25.1 Å². The van der Waals surface area contributed by atoms with E-state index in [1.165, 1.54) is 0 Å². The van der Waals surface area contributed by atoms with Gasteiger partial charge in [0.25, 0.3) is 0 Å². The molecule has 1 unspecified atom stereocenters. The molecule has 0 saturated heterocycles. The van der Waals surface area contributed by atoms with Gasteiger partial charge in [0.1, 0.15) is 12.1 Å². The summed E-state index contributed by atoms with van der Waals surface area (Å²) in [5.41, 5.74) is 6.89. The highest BCUT2D eigenvalue weighted by atomic mass is 16.7. The lowest BCUT2D eigenvalue weighted by Crippen LogP contribution is -2.20. The first kappa shape index (κ1) is 18.9. The van der Waals surface area contributed by atoms with Gasteiger partial charge >= 0.3 is 6.16 Å². The summed E-state index contributed by atoms with van der Waals surface area (Å²) in [4.78, 5) is 23.8. The van der Waals surface area contributed by atoms with Crippen molar-refractivity contribution in [3.05, 3.63) is 12.5 Å². The molecule has 2 heterocycles. The van der Waals surface area contributed by atoms with E-state index >= 15 is 0 Å². The van der Waals surface area contributed by atoms with E-state index in [0.717, 1.165) is 19.3 Å². The highest BCUT2D eigenvalue weighted by molar-refractivity contribution is 5.70. The Labute approximate surface area is 146 Å². The minimum atomic E-state index is -0.692. The van der Waals surface area contributed by atoms with Crippen molar-refractivity contribution in [3.8, 4) is 0 Å². The number of carbonyl (C=O) groups excluding carboxylic acids is 1. The number of nitrogen functional groups attached to an aromatic ring is 1. The number of rotatable bonds is 10. The highest BCUT2D eigenvalue weighted by Crippen LogP contribution is 2.13. The Kier molecular flexibility index (Phi) is 7.39. The first-order valence-corrected chi connectivity index (χ1v) is 8.47. The van der Waals surface area contributed by atoms with Gasteiger partial charge in [0.15, 0.2) is 5.65 Å². The molecule has 3 N–H and O–H groups in total. The van der Waals surface area contributed by atoms with E-state index in [1.807, 2.05) is 4.57 Å². The fourth-order valence-corrected chi connectivity index (χ4v) is 2.32. The van der Waals surface area contributed by atoms with Crippen LogP contribution in [0.5, 0.6) is 0 Å². The molecule has 0 aliphatic rings. The number of imidazole rings is 1. The van der Waals surface area contributed by atoms with E-state index in [2.05, 4.69) is 21.9 Å². The molecule has 0 spiro atoms. The zero-order chi connectivity index (χ0) is 18.1. The van der Waals surface area contributed by atoms with Crippen molar-refractivity contribution < 1.29 is 19.4 Å². The fourth-order valence-electron chi connectivity index (χ4n) is 2.32. The number of carbonyl (C=O) groups is 1. The number of aryl methyl sites for hydroxylation is 1. The average molecular weight is 351 g/mol. The number of ether oxygens (including phenoxy) is 2. The summed E-state index contributed by atoms with van der Waals surface area (Å²) in [5.74, 6) is -0.0121. The van der Waals surface area contributed by atoms with Crippen LogP contribution in [0.2, 0.25) is 0 Å². The lowest BCUT2D eigenvalue weighted by Gasteiger charge is -2.14. The van der Waals surface area contributed by atoms with Gasteiger partial charge in [-0.25, -0.2) is 14.8 Å². The summed E-state index contributed by atoms with van der Waals surface area (Å²) in [6, 6.07) is 0. The number of hydrogen-bond acceptors (Lipinski definition) is 8. The molecule has 0 aromatic carbocycles. The van der Waals surface area contributed by atoms with Gasteiger partial charge < -0.3 is 24.9 Å². The molecule has 2 rings (SSSR count). The van der Waals surface area contributed by atoms with Crippen LogP contribution >= 0.6 is 0 Å². The molecule has 9 heteroatoms. The Bertz CT molecular complexity index is 676. The van der Waals surface area contributed by atoms with E-state index < -0.39 is 6.16 Å². The summed E-state index contributed by atoms with van der Waals surface area (Å²) >= 11 is 0. The first-order chi connectivity index (χ1) is 12.1.